The summed E-state index contributed by atoms with van der Waals surface area (Å²) in [5, 5.41) is 2.47. The van der Waals surface area contributed by atoms with E-state index in [9.17, 15) is 14.4 Å². The number of ether oxygens (including phenoxy) is 3. The topological polar surface area (TPSA) is 94.2 Å². The number of imide groups is 1. The highest BCUT2D eigenvalue weighted by Gasteiger charge is 2.35. The van der Waals surface area contributed by atoms with Crippen molar-refractivity contribution in [1.82, 2.24) is 4.90 Å². The second kappa shape index (κ2) is 12.3. The van der Waals surface area contributed by atoms with Gasteiger partial charge >= 0.3 is 0 Å². The van der Waals surface area contributed by atoms with Gasteiger partial charge in [0.1, 0.15) is 5.75 Å². The first-order valence-electron chi connectivity index (χ1n) is 12.0. The Labute approximate surface area is 225 Å². The van der Waals surface area contributed by atoms with Gasteiger partial charge in [0.15, 0.2) is 18.1 Å². The molecule has 8 nitrogen and oxygen atoms in total. The number of aryl methyl sites for hydroxylation is 1. The first-order chi connectivity index (χ1) is 18.4. The maximum atomic E-state index is 12.9. The molecular weight excluding hydrogens is 504 g/mol. The fourth-order valence-corrected chi connectivity index (χ4v) is 4.58. The number of carbonyl (C=O) groups is 3. The molecule has 0 radical (unpaired) electrons. The Morgan fingerprint density at radius 2 is 1.74 bits per heavy atom. The van der Waals surface area contributed by atoms with Crippen molar-refractivity contribution in [3.05, 3.63) is 88.3 Å². The predicted molar refractivity (Wildman–Crippen MR) is 147 cm³/mol. The average molecular weight is 533 g/mol. The van der Waals surface area contributed by atoms with Crippen molar-refractivity contribution in [2.45, 2.75) is 20.4 Å². The molecular formula is C29H28N2O6S. The Kier molecular flexibility index (Phi) is 8.70. The Morgan fingerprint density at radius 3 is 2.47 bits per heavy atom. The van der Waals surface area contributed by atoms with E-state index in [1.807, 2.05) is 44.2 Å². The number of amides is 3. The van der Waals surface area contributed by atoms with Gasteiger partial charge in [-0.2, -0.15) is 0 Å². The molecule has 1 aliphatic heterocycles. The van der Waals surface area contributed by atoms with Crippen molar-refractivity contribution in [3.63, 3.8) is 0 Å². The van der Waals surface area contributed by atoms with Crippen LogP contribution in [0.2, 0.25) is 0 Å². The largest absolute Gasteiger partial charge is 0.493 e. The van der Waals surface area contributed by atoms with Gasteiger partial charge in [0.05, 0.1) is 30.9 Å². The van der Waals surface area contributed by atoms with Crippen molar-refractivity contribution in [2.75, 3.05) is 25.6 Å². The summed E-state index contributed by atoms with van der Waals surface area (Å²) in [4.78, 5) is 39.4. The number of carbonyl (C=O) groups excluding carboxylic acids is 3. The number of methoxy groups -OCH3 is 1. The minimum Gasteiger partial charge on any atom is -0.493 e. The highest BCUT2D eigenvalue weighted by Crippen LogP contribution is 2.35. The van der Waals surface area contributed by atoms with E-state index in [-0.39, 0.29) is 30.2 Å². The lowest BCUT2D eigenvalue weighted by Crippen LogP contribution is -2.27. The van der Waals surface area contributed by atoms with E-state index in [0.717, 1.165) is 22.9 Å². The molecule has 0 aliphatic carbocycles. The number of nitrogens with one attached hydrogen (secondary N) is 1. The summed E-state index contributed by atoms with van der Waals surface area (Å²) in [6.07, 6.45) is 1.64. The summed E-state index contributed by atoms with van der Waals surface area (Å²) < 4.78 is 16.6. The summed E-state index contributed by atoms with van der Waals surface area (Å²) >= 11 is 0.900. The molecule has 0 aromatic heterocycles. The fraction of sp³-hybridized carbons (Fsp3) is 0.207. The lowest BCUT2D eigenvalue weighted by molar-refractivity contribution is -0.123. The van der Waals surface area contributed by atoms with Gasteiger partial charge in [-0.3, -0.25) is 19.3 Å². The number of para-hydroxylation sites is 2. The molecule has 196 valence electrons. The van der Waals surface area contributed by atoms with E-state index in [2.05, 4.69) is 5.32 Å². The predicted octanol–water partition coefficient (Wildman–Crippen LogP) is 5.66. The molecule has 1 fully saturated rings. The number of hydrogen-bond donors (Lipinski definition) is 1. The van der Waals surface area contributed by atoms with Crippen LogP contribution in [0.15, 0.2) is 71.6 Å². The molecule has 1 saturated heterocycles. The van der Waals surface area contributed by atoms with Gasteiger partial charge < -0.3 is 19.5 Å². The maximum Gasteiger partial charge on any atom is 0.293 e. The van der Waals surface area contributed by atoms with Crippen LogP contribution in [0.5, 0.6) is 17.2 Å². The number of rotatable bonds is 10. The van der Waals surface area contributed by atoms with Gasteiger partial charge in [0, 0.05) is 0 Å². The van der Waals surface area contributed by atoms with Crippen molar-refractivity contribution < 1.29 is 28.6 Å². The lowest BCUT2D eigenvalue weighted by atomic mass is 10.1. The molecule has 9 heteroatoms. The molecule has 3 aromatic rings. The summed E-state index contributed by atoms with van der Waals surface area (Å²) in [5.74, 6) is 0.633. The lowest BCUT2D eigenvalue weighted by Gasteiger charge is -2.13. The van der Waals surface area contributed by atoms with Crippen molar-refractivity contribution >= 4 is 40.6 Å². The Morgan fingerprint density at radius 1 is 0.974 bits per heavy atom. The zero-order valence-corrected chi connectivity index (χ0v) is 22.2. The molecule has 0 saturated carbocycles. The minimum absolute atomic E-state index is 0.218. The van der Waals surface area contributed by atoms with Crippen molar-refractivity contribution in [3.8, 4) is 17.2 Å². The van der Waals surface area contributed by atoms with Crippen molar-refractivity contribution in [1.29, 1.82) is 0 Å². The Bertz CT molecular complexity index is 1370. The van der Waals surface area contributed by atoms with Gasteiger partial charge in [-0.05, 0) is 67.1 Å². The Hall–Kier alpha value is -4.24. The van der Waals surface area contributed by atoms with Crippen LogP contribution in [0, 0.1) is 6.92 Å². The van der Waals surface area contributed by atoms with Crippen LogP contribution in [0.4, 0.5) is 10.5 Å². The fourth-order valence-electron chi connectivity index (χ4n) is 3.74. The summed E-state index contributed by atoms with van der Waals surface area (Å²) in [7, 11) is 1.49. The maximum absolute atomic E-state index is 12.9. The molecule has 38 heavy (non-hydrogen) atoms. The van der Waals surface area contributed by atoms with Crippen LogP contribution in [-0.2, 0) is 16.1 Å². The minimum atomic E-state index is -0.356. The number of hydrogen-bond acceptors (Lipinski definition) is 7. The van der Waals surface area contributed by atoms with Crippen LogP contribution in [0.25, 0.3) is 6.08 Å². The van der Waals surface area contributed by atoms with Crippen LogP contribution in [-0.4, -0.2) is 42.3 Å². The van der Waals surface area contributed by atoms with E-state index >= 15 is 0 Å². The Balaban J connectivity index is 1.41. The molecule has 3 aromatic carbocycles. The molecule has 0 spiro atoms. The van der Waals surface area contributed by atoms with Gasteiger partial charge in [-0.1, -0.05) is 48.0 Å². The quantitative estimate of drug-likeness (QED) is 0.337. The molecule has 0 atom stereocenters. The molecule has 4 rings (SSSR count). The van der Waals surface area contributed by atoms with Crippen molar-refractivity contribution in [2.24, 2.45) is 0 Å². The average Bonchev–Trinajstić information content (AvgIpc) is 3.17. The zero-order chi connectivity index (χ0) is 27.1. The second-order valence-electron chi connectivity index (χ2n) is 8.43. The number of anilines is 1. The first-order valence-corrected chi connectivity index (χ1v) is 12.8. The third kappa shape index (κ3) is 6.54. The molecule has 1 N–H and O–H groups in total. The number of nitrogens with zero attached hydrogens (tertiary/aromatic N) is 1. The van der Waals surface area contributed by atoms with E-state index in [1.54, 1.807) is 42.5 Å². The smallest absolute Gasteiger partial charge is 0.293 e. The van der Waals surface area contributed by atoms with Crippen LogP contribution >= 0.6 is 11.8 Å². The third-order valence-corrected chi connectivity index (χ3v) is 6.55. The second-order valence-corrected chi connectivity index (χ2v) is 9.42. The highest BCUT2D eigenvalue weighted by molar-refractivity contribution is 8.18. The molecule has 0 unspecified atom stereocenters. The molecule has 0 bridgehead atoms. The van der Waals surface area contributed by atoms with E-state index in [4.69, 9.17) is 14.2 Å². The van der Waals surface area contributed by atoms with E-state index in [1.165, 1.54) is 12.0 Å². The molecule has 1 aliphatic rings. The van der Waals surface area contributed by atoms with Gasteiger partial charge in [-0.25, -0.2) is 0 Å². The van der Waals surface area contributed by atoms with Gasteiger partial charge in [0.2, 0.25) is 0 Å². The first kappa shape index (κ1) is 26.8. The molecule has 1 heterocycles. The number of benzene rings is 3. The van der Waals surface area contributed by atoms with Crippen LogP contribution in [0.1, 0.15) is 23.6 Å². The van der Waals surface area contributed by atoms with Gasteiger partial charge in [-0.15, -0.1) is 0 Å². The SMILES string of the molecule is CCOc1ccccc1NC(=O)COc1ccc(/C=C2\SC(=O)N(Cc3ccc(C)cc3)C2=O)cc1OC. The number of thioether (sulfide) groups is 1. The van der Waals surface area contributed by atoms with Crippen LogP contribution in [0.3, 0.4) is 0 Å². The van der Waals surface area contributed by atoms with E-state index < -0.39 is 0 Å². The highest BCUT2D eigenvalue weighted by atomic mass is 32.2. The molecule has 3 amide bonds. The van der Waals surface area contributed by atoms with Crippen LogP contribution < -0.4 is 19.5 Å². The van der Waals surface area contributed by atoms with Gasteiger partial charge in [0.25, 0.3) is 17.1 Å². The zero-order valence-electron chi connectivity index (χ0n) is 21.4. The normalized spacial score (nSPS) is 14.1. The summed E-state index contributed by atoms with van der Waals surface area (Å²) in [6.45, 7) is 4.30. The summed E-state index contributed by atoms with van der Waals surface area (Å²) in [5.41, 5.74) is 3.20. The third-order valence-electron chi connectivity index (χ3n) is 5.64. The standard InChI is InChI=1S/C29H28N2O6S/c1-4-36-23-8-6-5-7-22(23)30-27(32)18-37-24-14-13-21(15-25(24)35-3)16-26-28(33)31(29(34)38-26)17-20-11-9-19(2)10-12-20/h5-16H,4,17-18H2,1-3H3,(H,30,32)/b26-16-. The summed E-state index contributed by atoms with van der Waals surface area (Å²) in [6, 6.07) is 19.9. The van der Waals surface area contributed by atoms with E-state index in [0.29, 0.717) is 40.0 Å². The monoisotopic (exact) mass is 532 g/mol.